The number of carbonyl (C=O) groups excluding carboxylic acids is 1. The van der Waals surface area contributed by atoms with E-state index in [-0.39, 0.29) is 12.0 Å². The van der Waals surface area contributed by atoms with E-state index < -0.39 is 0 Å². The molecule has 2 atom stereocenters. The number of methoxy groups -OCH3 is 1. The van der Waals surface area contributed by atoms with E-state index in [1.165, 1.54) is 5.56 Å². The van der Waals surface area contributed by atoms with Crippen LogP contribution in [0.1, 0.15) is 37.7 Å². The molecule has 1 heterocycles. The van der Waals surface area contributed by atoms with Crippen molar-refractivity contribution in [2.24, 2.45) is 17.6 Å². The van der Waals surface area contributed by atoms with E-state index in [9.17, 15) is 4.79 Å². The summed E-state index contributed by atoms with van der Waals surface area (Å²) in [4.78, 5) is 14.7. The third kappa shape index (κ3) is 3.69. The van der Waals surface area contributed by atoms with Gasteiger partial charge in [-0.3, -0.25) is 4.79 Å². The molecule has 0 radical (unpaired) electrons. The molecule has 126 valence electrons. The quantitative estimate of drug-likeness (QED) is 0.929. The molecule has 1 saturated heterocycles. The SMILES string of the molecule is COc1ccccc1CC1CCN(C(=O)C2CCCC2N)CC1. The Morgan fingerprint density at radius 1 is 1.22 bits per heavy atom. The van der Waals surface area contributed by atoms with Gasteiger partial charge in [-0.05, 0) is 49.7 Å². The van der Waals surface area contributed by atoms with Gasteiger partial charge in [0.2, 0.25) is 5.91 Å². The second-order valence-corrected chi connectivity index (χ2v) is 6.99. The number of para-hydroxylation sites is 1. The van der Waals surface area contributed by atoms with Gasteiger partial charge in [0.25, 0.3) is 0 Å². The van der Waals surface area contributed by atoms with Crippen molar-refractivity contribution in [3.8, 4) is 5.75 Å². The van der Waals surface area contributed by atoms with Gasteiger partial charge in [0.05, 0.1) is 13.0 Å². The molecule has 0 bridgehead atoms. The summed E-state index contributed by atoms with van der Waals surface area (Å²) in [6.07, 6.45) is 6.26. The summed E-state index contributed by atoms with van der Waals surface area (Å²) in [5.74, 6) is 1.97. The van der Waals surface area contributed by atoms with Crippen molar-refractivity contribution in [3.05, 3.63) is 29.8 Å². The molecule has 1 amide bonds. The molecule has 1 aromatic rings. The van der Waals surface area contributed by atoms with Gasteiger partial charge in [0, 0.05) is 19.1 Å². The smallest absolute Gasteiger partial charge is 0.227 e. The zero-order valence-corrected chi connectivity index (χ0v) is 14.0. The second-order valence-electron chi connectivity index (χ2n) is 6.99. The number of piperidine rings is 1. The maximum atomic E-state index is 12.6. The van der Waals surface area contributed by atoms with Crippen LogP contribution in [0.5, 0.6) is 5.75 Å². The molecular weight excluding hydrogens is 288 g/mol. The fourth-order valence-electron chi connectivity index (χ4n) is 4.07. The van der Waals surface area contributed by atoms with Crippen molar-refractivity contribution < 1.29 is 9.53 Å². The van der Waals surface area contributed by atoms with Gasteiger partial charge in [0.1, 0.15) is 5.75 Å². The number of carbonyl (C=O) groups is 1. The molecule has 2 aliphatic rings. The monoisotopic (exact) mass is 316 g/mol. The molecule has 0 spiro atoms. The predicted molar refractivity (Wildman–Crippen MR) is 91.3 cm³/mol. The van der Waals surface area contributed by atoms with E-state index in [1.807, 2.05) is 12.1 Å². The van der Waals surface area contributed by atoms with Gasteiger partial charge in [0.15, 0.2) is 0 Å². The predicted octanol–water partition coefficient (Wildman–Crippen LogP) is 2.60. The number of ether oxygens (including phenoxy) is 1. The standard InChI is InChI=1S/C19H28N2O2/c1-23-18-8-3-2-5-15(18)13-14-9-11-21(12-10-14)19(22)16-6-4-7-17(16)20/h2-3,5,8,14,16-17H,4,6-7,9-13,20H2,1H3. The van der Waals surface area contributed by atoms with Crippen LogP contribution in [0.4, 0.5) is 0 Å². The van der Waals surface area contributed by atoms with Crippen molar-refractivity contribution in [2.45, 2.75) is 44.6 Å². The van der Waals surface area contributed by atoms with Crippen molar-refractivity contribution in [1.29, 1.82) is 0 Å². The zero-order valence-electron chi connectivity index (χ0n) is 14.0. The lowest BCUT2D eigenvalue weighted by Gasteiger charge is -2.34. The summed E-state index contributed by atoms with van der Waals surface area (Å²) in [5.41, 5.74) is 7.36. The topological polar surface area (TPSA) is 55.6 Å². The number of hydrogen-bond acceptors (Lipinski definition) is 3. The number of hydrogen-bond donors (Lipinski definition) is 1. The minimum atomic E-state index is 0.0702. The van der Waals surface area contributed by atoms with Gasteiger partial charge in [-0.1, -0.05) is 24.6 Å². The number of amides is 1. The Morgan fingerprint density at radius 3 is 2.61 bits per heavy atom. The summed E-state index contributed by atoms with van der Waals surface area (Å²) in [5, 5.41) is 0. The third-order valence-electron chi connectivity index (χ3n) is 5.51. The molecule has 4 heteroatoms. The first-order valence-corrected chi connectivity index (χ1v) is 8.85. The number of likely N-dealkylation sites (tertiary alicyclic amines) is 1. The van der Waals surface area contributed by atoms with Crippen LogP contribution in [-0.2, 0) is 11.2 Å². The highest BCUT2D eigenvalue weighted by molar-refractivity contribution is 5.80. The highest BCUT2D eigenvalue weighted by Crippen LogP contribution is 2.30. The van der Waals surface area contributed by atoms with Gasteiger partial charge in [-0.25, -0.2) is 0 Å². The van der Waals surface area contributed by atoms with Gasteiger partial charge in [-0.15, -0.1) is 0 Å². The maximum Gasteiger partial charge on any atom is 0.227 e. The molecule has 1 saturated carbocycles. The molecule has 0 aromatic heterocycles. The van der Waals surface area contributed by atoms with E-state index in [0.29, 0.717) is 11.8 Å². The lowest BCUT2D eigenvalue weighted by atomic mass is 9.89. The minimum Gasteiger partial charge on any atom is -0.496 e. The van der Waals surface area contributed by atoms with E-state index in [1.54, 1.807) is 7.11 Å². The van der Waals surface area contributed by atoms with Gasteiger partial charge in [-0.2, -0.15) is 0 Å². The summed E-state index contributed by atoms with van der Waals surface area (Å²) < 4.78 is 5.45. The van der Waals surface area contributed by atoms with E-state index in [2.05, 4.69) is 17.0 Å². The first-order valence-electron chi connectivity index (χ1n) is 8.85. The average Bonchev–Trinajstić information content (AvgIpc) is 3.01. The van der Waals surface area contributed by atoms with Gasteiger partial charge >= 0.3 is 0 Å². The fourth-order valence-corrected chi connectivity index (χ4v) is 4.07. The highest BCUT2D eigenvalue weighted by atomic mass is 16.5. The normalized spacial score (nSPS) is 25.6. The number of benzene rings is 1. The highest BCUT2D eigenvalue weighted by Gasteiger charge is 2.34. The first kappa shape index (κ1) is 16.3. The summed E-state index contributed by atoms with van der Waals surface area (Å²) in [6.45, 7) is 1.75. The van der Waals surface area contributed by atoms with Crippen LogP contribution in [0.25, 0.3) is 0 Å². The maximum absolute atomic E-state index is 12.6. The van der Waals surface area contributed by atoms with E-state index in [0.717, 1.165) is 57.4 Å². The lowest BCUT2D eigenvalue weighted by Crippen LogP contribution is -2.45. The second kappa shape index (κ2) is 7.35. The van der Waals surface area contributed by atoms with E-state index in [4.69, 9.17) is 10.5 Å². The summed E-state index contributed by atoms with van der Waals surface area (Å²) in [6, 6.07) is 8.32. The van der Waals surface area contributed by atoms with Crippen LogP contribution in [-0.4, -0.2) is 37.0 Å². The minimum absolute atomic E-state index is 0.0702. The third-order valence-corrected chi connectivity index (χ3v) is 5.51. The molecule has 2 fully saturated rings. The Hall–Kier alpha value is -1.55. The Bertz CT molecular complexity index is 538. The summed E-state index contributed by atoms with van der Waals surface area (Å²) in [7, 11) is 1.73. The molecule has 1 aliphatic heterocycles. The van der Waals surface area contributed by atoms with Gasteiger partial charge < -0.3 is 15.4 Å². The fraction of sp³-hybridized carbons (Fsp3) is 0.632. The molecule has 2 unspecified atom stereocenters. The van der Waals surface area contributed by atoms with Crippen LogP contribution in [0.3, 0.4) is 0 Å². The Kier molecular flexibility index (Phi) is 5.21. The van der Waals surface area contributed by atoms with Crippen molar-refractivity contribution >= 4 is 5.91 Å². The first-order chi connectivity index (χ1) is 11.2. The summed E-state index contributed by atoms with van der Waals surface area (Å²) >= 11 is 0. The van der Waals surface area contributed by atoms with Crippen molar-refractivity contribution in [2.75, 3.05) is 20.2 Å². The Balaban J connectivity index is 1.53. The lowest BCUT2D eigenvalue weighted by molar-refractivity contribution is -0.137. The number of nitrogens with zero attached hydrogens (tertiary/aromatic N) is 1. The van der Waals surface area contributed by atoms with Crippen LogP contribution in [0.15, 0.2) is 24.3 Å². The number of nitrogens with two attached hydrogens (primary N) is 1. The molecule has 2 N–H and O–H groups in total. The number of rotatable bonds is 4. The van der Waals surface area contributed by atoms with E-state index >= 15 is 0 Å². The van der Waals surface area contributed by atoms with Crippen molar-refractivity contribution in [1.82, 2.24) is 4.90 Å². The largest absolute Gasteiger partial charge is 0.496 e. The van der Waals surface area contributed by atoms with Crippen molar-refractivity contribution in [3.63, 3.8) is 0 Å². The molecular formula is C19H28N2O2. The van der Waals surface area contributed by atoms with Crippen LogP contribution < -0.4 is 10.5 Å². The zero-order chi connectivity index (χ0) is 16.2. The molecule has 3 rings (SSSR count). The Labute approximate surface area is 139 Å². The van der Waals surface area contributed by atoms with Crippen LogP contribution >= 0.6 is 0 Å². The van der Waals surface area contributed by atoms with Crippen LogP contribution in [0, 0.1) is 11.8 Å². The average molecular weight is 316 g/mol. The van der Waals surface area contributed by atoms with Crippen LogP contribution in [0.2, 0.25) is 0 Å². The Morgan fingerprint density at radius 2 is 1.96 bits per heavy atom. The molecule has 23 heavy (non-hydrogen) atoms. The molecule has 1 aliphatic carbocycles. The molecule has 1 aromatic carbocycles. The molecule has 4 nitrogen and oxygen atoms in total.